The molecule has 1 aliphatic carbocycles. The van der Waals surface area contributed by atoms with Crippen LogP contribution in [0.3, 0.4) is 0 Å². The van der Waals surface area contributed by atoms with Gasteiger partial charge in [0.15, 0.2) is 0 Å². The number of rotatable bonds is 6. The zero-order valence-corrected chi connectivity index (χ0v) is 13.5. The van der Waals surface area contributed by atoms with Gasteiger partial charge < -0.3 is 5.11 Å². The molecule has 114 valence electrons. The van der Waals surface area contributed by atoms with E-state index in [1.54, 1.807) is 6.07 Å². The molecule has 1 aromatic rings. The SMILES string of the molecule is CCc1ccc(S(=O)(=O)N(CCO)C2CCCCC2)s1. The second kappa shape index (κ2) is 7.02. The quantitative estimate of drug-likeness (QED) is 0.877. The first-order valence-corrected chi connectivity index (χ1v) is 9.56. The van der Waals surface area contributed by atoms with Gasteiger partial charge in [0.1, 0.15) is 4.21 Å². The molecule has 0 aromatic carbocycles. The van der Waals surface area contributed by atoms with Gasteiger partial charge in [-0.15, -0.1) is 11.3 Å². The van der Waals surface area contributed by atoms with Crippen LogP contribution >= 0.6 is 11.3 Å². The van der Waals surface area contributed by atoms with Crippen molar-refractivity contribution in [2.24, 2.45) is 0 Å². The van der Waals surface area contributed by atoms with Crippen molar-refractivity contribution in [3.8, 4) is 0 Å². The summed E-state index contributed by atoms with van der Waals surface area (Å²) in [5.41, 5.74) is 0. The number of sulfonamides is 1. The lowest BCUT2D eigenvalue weighted by Crippen LogP contribution is -2.42. The van der Waals surface area contributed by atoms with Crippen LogP contribution in [0.2, 0.25) is 0 Å². The van der Waals surface area contributed by atoms with Crippen molar-refractivity contribution < 1.29 is 13.5 Å². The lowest BCUT2D eigenvalue weighted by atomic mass is 9.95. The maximum Gasteiger partial charge on any atom is 0.252 e. The van der Waals surface area contributed by atoms with Crippen LogP contribution in [-0.4, -0.2) is 37.0 Å². The summed E-state index contributed by atoms with van der Waals surface area (Å²) < 4.78 is 27.5. The smallest absolute Gasteiger partial charge is 0.252 e. The molecule has 1 fully saturated rings. The van der Waals surface area contributed by atoms with E-state index < -0.39 is 10.0 Å². The standard InChI is InChI=1S/C14H23NO3S2/c1-2-13-8-9-14(19-13)20(17,18)15(10-11-16)12-6-4-3-5-7-12/h8-9,12,16H,2-7,10-11H2,1H3. The molecule has 20 heavy (non-hydrogen) atoms. The van der Waals surface area contributed by atoms with Gasteiger partial charge in [-0.05, 0) is 31.4 Å². The fraction of sp³-hybridized carbons (Fsp3) is 0.714. The first-order valence-electron chi connectivity index (χ1n) is 7.31. The van der Waals surface area contributed by atoms with E-state index in [1.165, 1.54) is 22.1 Å². The minimum absolute atomic E-state index is 0.0491. The lowest BCUT2D eigenvalue weighted by molar-refractivity contribution is 0.199. The van der Waals surface area contributed by atoms with Crippen LogP contribution in [0.15, 0.2) is 16.3 Å². The molecular formula is C14H23NO3S2. The first-order chi connectivity index (χ1) is 9.59. The summed E-state index contributed by atoms with van der Waals surface area (Å²) in [5.74, 6) is 0. The zero-order chi connectivity index (χ0) is 14.6. The van der Waals surface area contributed by atoms with E-state index in [0.717, 1.165) is 37.0 Å². The molecule has 1 saturated carbocycles. The van der Waals surface area contributed by atoms with Crippen molar-refractivity contribution in [2.75, 3.05) is 13.2 Å². The summed E-state index contributed by atoms with van der Waals surface area (Å²) in [6.07, 6.45) is 6.00. The molecule has 0 atom stereocenters. The van der Waals surface area contributed by atoms with Crippen molar-refractivity contribution in [1.82, 2.24) is 4.31 Å². The summed E-state index contributed by atoms with van der Waals surface area (Å²) in [7, 11) is -3.46. The molecule has 1 N–H and O–H groups in total. The molecule has 0 aliphatic heterocycles. The minimum Gasteiger partial charge on any atom is -0.395 e. The summed E-state index contributed by atoms with van der Waals surface area (Å²) in [6.45, 7) is 2.10. The van der Waals surface area contributed by atoms with Crippen molar-refractivity contribution in [1.29, 1.82) is 0 Å². The zero-order valence-electron chi connectivity index (χ0n) is 11.9. The molecule has 0 spiro atoms. The molecule has 0 unspecified atom stereocenters. The second-order valence-electron chi connectivity index (χ2n) is 5.21. The molecule has 1 heterocycles. The van der Waals surface area contributed by atoms with Gasteiger partial charge in [-0.1, -0.05) is 26.2 Å². The van der Waals surface area contributed by atoms with Crippen molar-refractivity contribution in [3.05, 3.63) is 17.0 Å². The predicted molar refractivity (Wildman–Crippen MR) is 81.5 cm³/mol. The Labute approximate surface area is 125 Å². The maximum atomic E-state index is 12.8. The Hall–Kier alpha value is -0.430. The molecule has 1 aliphatic rings. The molecule has 6 heteroatoms. The largest absolute Gasteiger partial charge is 0.395 e. The van der Waals surface area contributed by atoms with Gasteiger partial charge in [0.25, 0.3) is 10.0 Å². The van der Waals surface area contributed by atoms with E-state index >= 15 is 0 Å². The normalized spacial score (nSPS) is 17.8. The van der Waals surface area contributed by atoms with Crippen LogP contribution in [0, 0.1) is 0 Å². The van der Waals surface area contributed by atoms with E-state index in [1.807, 2.05) is 13.0 Å². The minimum atomic E-state index is -3.46. The van der Waals surface area contributed by atoms with Gasteiger partial charge in [-0.2, -0.15) is 4.31 Å². The molecule has 0 bridgehead atoms. The van der Waals surface area contributed by atoms with Gasteiger partial charge in [0, 0.05) is 17.5 Å². The fourth-order valence-corrected chi connectivity index (χ4v) is 5.87. The molecule has 0 saturated heterocycles. The highest BCUT2D eigenvalue weighted by Gasteiger charge is 2.32. The van der Waals surface area contributed by atoms with Crippen molar-refractivity contribution in [2.45, 2.75) is 55.7 Å². The molecule has 4 nitrogen and oxygen atoms in total. The number of thiophene rings is 1. The number of hydrogen-bond acceptors (Lipinski definition) is 4. The van der Waals surface area contributed by atoms with E-state index in [9.17, 15) is 13.5 Å². The third-order valence-electron chi connectivity index (χ3n) is 3.85. The Bertz CT molecular complexity index is 518. The maximum absolute atomic E-state index is 12.8. The molecule has 2 rings (SSSR count). The second-order valence-corrected chi connectivity index (χ2v) is 8.49. The van der Waals surface area contributed by atoms with Crippen LogP contribution in [0.4, 0.5) is 0 Å². The average Bonchev–Trinajstić information content (AvgIpc) is 2.95. The summed E-state index contributed by atoms with van der Waals surface area (Å²) in [4.78, 5) is 1.08. The van der Waals surface area contributed by atoms with E-state index in [-0.39, 0.29) is 19.2 Å². The van der Waals surface area contributed by atoms with Gasteiger partial charge in [-0.3, -0.25) is 0 Å². The fourth-order valence-electron chi connectivity index (χ4n) is 2.77. The molecular weight excluding hydrogens is 294 g/mol. The van der Waals surface area contributed by atoms with Crippen molar-refractivity contribution in [3.63, 3.8) is 0 Å². The highest BCUT2D eigenvalue weighted by atomic mass is 32.2. The molecule has 0 amide bonds. The third kappa shape index (κ3) is 3.42. The van der Waals surface area contributed by atoms with Gasteiger partial charge >= 0.3 is 0 Å². The van der Waals surface area contributed by atoms with Crippen LogP contribution in [0.1, 0.15) is 43.9 Å². The monoisotopic (exact) mass is 317 g/mol. The number of aryl methyl sites for hydroxylation is 1. The van der Waals surface area contributed by atoms with Gasteiger partial charge in [0.05, 0.1) is 6.61 Å². The highest BCUT2D eigenvalue weighted by molar-refractivity contribution is 7.91. The number of aliphatic hydroxyl groups excluding tert-OH is 1. The Morgan fingerprint density at radius 2 is 2.00 bits per heavy atom. The number of nitrogens with zero attached hydrogens (tertiary/aromatic N) is 1. The lowest BCUT2D eigenvalue weighted by Gasteiger charge is -2.32. The molecule has 0 radical (unpaired) electrons. The summed E-state index contributed by atoms with van der Waals surface area (Å²) in [5, 5.41) is 9.23. The predicted octanol–water partition coefficient (Wildman–Crippen LogP) is 2.63. The Morgan fingerprint density at radius 3 is 2.55 bits per heavy atom. The highest BCUT2D eigenvalue weighted by Crippen LogP contribution is 2.30. The Kier molecular flexibility index (Phi) is 5.60. The van der Waals surface area contributed by atoms with Crippen LogP contribution in [0.25, 0.3) is 0 Å². The van der Waals surface area contributed by atoms with Gasteiger partial charge in [0.2, 0.25) is 0 Å². The number of aliphatic hydroxyl groups is 1. The van der Waals surface area contributed by atoms with E-state index in [0.29, 0.717) is 4.21 Å². The Balaban J connectivity index is 2.26. The third-order valence-corrected chi connectivity index (χ3v) is 7.50. The van der Waals surface area contributed by atoms with E-state index in [4.69, 9.17) is 0 Å². The average molecular weight is 317 g/mol. The Morgan fingerprint density at radius 1 is 1.30 bits per heavy atom. The van der Waals surface area contributed by atoms with E-state index in [2.05, 4.69) is 0 Å². The van der Waals surface area contributed by atoms with Crippen LogP contribution < -0.4 is 0 Å². The molecule has 1 aromatic heterocycles. The topological polar surface area (TPSA) is 57.6 Å². The first kappa shape index (κ1) is 15.9. The summed E-state index contributed by atoms with van der Waals surface area (Å²) >= 11 is 1.35. The van der Waals surface area contributed by atoms with Gasteiger partial charge in [-0.25, -0.2) is 8.42 Å². The van der Waals surface area contributed by atoms with Crippen molar-refractivity contribution >= 4 is 21.4 Å². The van der Waals surface area contributed by atoms with Crippen LogP contribution in [0.5, 0.6) is 0 Å². The summed E-state index contributed by atoms with van der Waals surface area (Å²) in [6, 6.07) is 3.63. The van der Waals surface area contributed by atoms with Crippen LogP contribution in [-0.2, 0) is 16.4 Å². The number of hydrogen-bond donors (Lipinski definition) is 1.